The maximum atomic E-state index is 9.83. The molecule has 2 rings (SSSR count). The summed E-state index contributed by atoms with van der Waals surface area (Å²) in [5.41, 5.74) is 1.65. The summed E-state index contributed by atoms with van der Waals surface area (Å²) in [6, 6.07) is 0. The van der Waals surface area contributed by atoms with Gasteiger partial charge in [0.25, 0.3) is 0 Å². The van der Waals surface area contributed by atoms with Gasteiger partial charge < -0.3 is 4.80 Å². The SMILES string of the molecule is O[SiH](C1CCC1)C1CCC1. The van der Waals surface area contributed by atoms with E-state index in [1.54, 1.807) is 0 Å². The molecular formula is C8H16OSi. The molecule has 2 aliphatic carbocycles. The average Bonchev–Trinajstić information content (AvgIpc) is 1.52. The molecule has 0 amide bonds. The second-order valence-corrected chi connectivity index (χ2v) is 6.74. The molecule has 10 heavy (non-hydrogen) atoms. The third-order valence-corrected chi connectivity index (χ3v) is 6.53. The summed E-state index contributed by atoms with van der Waals surface area (Å²) >= 11 is 0. The van der Waals surface area contributed by atoms with Crippen molar-refractivity contribution in [2.24, 2.45) is 0 Å². The minimum Gasteiger partial charge on any atom is -0.434 e. The third-order valence-electron chi connectivity index (χ3n) is 3.27. The van der Waals surface area contributed by atoms with Crippen LogP contribution < -0.4 is 0 Å². The lowest BCUT2D eigenvalue weighted by molar-refractivity contribution is 0.376. The van der Waals surface area contributed by atoms with Crippen molar-refractivity contribution in [1.29, 1.82) is 0 Å². The van der Waals surface area contributed by atoms with Gasteiger partial charge in [0.1, 0.15) is 0 Å². The number of hydrogen-bond acceptors (Lipinski definition) is 1. The van der Waals surface area contributed by atoms with E-state index in [1.165, 1.54) is 38.5 Å². The summed E-state index contributed by atoms with van der Waals surface area (Å²) < 4.78 is 0. The molecule has 1 N–H and O–H groups in total. The van der Waals surface area contributed by atoms with Crippen molar-refractivity contribution in [3.8, 4) is 0 Å². The molecule has 2 fully saturated rings. The van der Waals surface area contributed by atoms with Gasteiger partial charge in [-0.05, 0) is 11.1 Å². The largest absolute Gasteiger partial charge is 0.434 e. The second-order valence-electron chi connectivity index (χ2n) is 3.87. The molecule has 2 aliphatic rings. The van der Waals surface area contributed by atoms with Crippen molar-refractivity contribution >= 4 is 9.04 Å². The normalized spacial score (nSPS) is 28.2. The Kier molecular flexibility index (Phi) is 1.83. The first-order valence-corrected chi connectivity index (χ1v) is 6.41. The van der Waals surface area contributed by atoms with E-state index in [2.05, 4.69) is 0 Å². The van der Waals surface area contributed by atoms with E-state index in [1.807, 2.05) is 0 Å². The molecule has 0 aliphatic heterocycles. The van der Waals surface area contributed by atoms with Crippen molar-refractivity contribution in [3.05, 3.63) is 0 Å². The van der Waals surface area contributed by atoms with E-state index in [4.69, 9.17) is 0 Å². The van der Waals surface area contributed by atoms with E-state index in [0.29, 0.717) is 0 Å². The third kappa shape index (κ3) is 1.03. The van der Waals surface area contributed by atoms with E-state index in [0.717, 1.165) is 11.1 Å². The Morgan fingerprint density at radius 3 is 1.50 bits per heavy atom. The molecule has 0 bridgehead atoms. The average molecular weight is 156 g/mol. The fourth-order valence-electron chi connectivity index (χ4n) is 1.95. The quantitative estimate of drug-likeness (QED) is 0.605. The van der Waals surface area contributed by atoms with Gasteiger partial charge in [-0.3, -0.25) is 0 Å². The molecule has 0 saturated heterocycles. The Balaban J connectivity index is 1.79. The highest BCUT2D eigenvalue weighted by molar-refractivity contribution is 6.54. The van der Waals surface area contributed by atoms with Crippen LogP contribution in [-0.4, -0.2) is 13.8 Å². The molecule has 0 atom stereocenters. The lowest BCUT2D eigenvalue weighted by Gasteiger charge is -2.37. The zero-order valence-corrected chi connectivity index (χ0v) is 7.58. The van der Waals surface area contributed by atoms with Gasteiger partial charge in [0.05, 0.1) is 0 Å². The molecule has 0 radical (unpaired) electrons. The first-order chi connectivity index (χ1) is 4.88. The van der Waals surface area contributed by atoms with Gasteiger partial charge in [-0.2, -0.15) is 0 Å². The fraction of sp³-hybridized carbons (Fsp3) is 1.00. The van der Waals surface area contributed by atoms with Crippen molar-refractivity contribution < 1.29 is 4.80 Å². The zero-order valence-electron chi connectivity index (χ0n) is 6.42. The van der Waals surface area contributed by atoms with Crippen LogP contribution in [0.1, 0.15) is 38.5 Å². The lowest BCUT2D eigenvalue weighted by Crippen LogP contribution is -2.34. The van der Waals surface area contributed by atoms with Crippen LogP contribution in [0.25, 0.3) is 0 Å². The first-order valence-electron chi connectivity index (χ1n) is 4.56. The highest BCUT2D eigenvalue weighted by Crippen LogP contribution is 2.44. The smallest absolute Gasteiger partial charge is 0.178 e. The Labute approximate surface area is 64.2 Å². The number of hydrogen-bond donors (Lipinski definition) is 1. The highest BCUT2D eigenvalue weighted by atomic mass is 28.3. The van der Waals surface area contributed by atoms with Crippen molar-refractivity contribution in [2.45, 2.75) is 49.6 Å². The highest BCUT2D eigenvalue weighted by Gasteiger charge is 2.36. The predicted octanol–water partition coefficient (Wildman–Crippen LogP) is 1.81. The van der Waals surface area contributed by atoms with Crippen molar-refractivity contribution in [2.75, 3.05) is 0 Å². The Hall–Kier alpha value is 0.177. The summed E-state index contributed by atoms with van der Waals surface area (Å²) in [6.07, 6.45) is 8.18. The summed E-state index contributed by atoms with van der Waals surface area (Å²) in [6.45, 7) is 0. The van der Waals surface area contributed by atoms with Gasteiger partial charge in [0.15, 0.2) is 9.04 Å². The molecule has 0 aromatic rings. The van der Waals surface area contributed by atoms with Gasteiger partial charge >= 0.3 is 0 Å². The summed E-state index contributed by atoms with van der Waals surface area (Å²) in [5, 5.41) is 0. The van der Waals surface area contributed by atoms with E-state index < -0.39 is 9.04 Å². The van der Waals surface area contributed by atoms with Gasteiger partial charge in [-0.1, -0.05) is 38.5 Å². The van der Waals surface area contributed by atoms with Gasteiger partial charge in [-0.15, -0.1) is 0 Å². The van der Waals surface area contributed by atoms with E-state index in [-0.39, 0.29) is 0 Å². The maximum absolute atomic E-state index is 9.83. The topological polar surface area (TPSA) is 20.2 Å². The van der Waals surface area contributed by atoms with Crippen LogP contribution in [0.5, 0.6) is 0 Å². The molecule has 0 aromatic heterocycles. The standard InChI is InChI=1S/C8H16OSi/c9-10(7-3-1-4-7)8-5-2-6-8/h7-10H,1-6H2. The van der Waals surface area contributed by atoms with Crippen LogP contribution >= 0.6 is 0 Å². The minimum atomic E-state index is -1.22. The van der Waals surface area contributed by atoms with E-state index in [9.17, 15) is 4.80 Å². The molecule has 2 saturated carbocycles. The van der Waals surface area contributed by atoms with Gasteiger partial charge in [-0.25, -0.2) is 0 Å². The Morgan fingerprint density at radius 2 is 1.30 bits per heavy atom. The molecule has 0 spiro atoms. The number of rotatable bonds is 2. The van der Waals surface area contributed by atoms with Crippen LogP contribution in [0.15, 0.2) is 0 Å². The second kappa shape index (κ2) is 2.66. The van der Waals surface area contributed by atoms with Crippen LogP contribution in [0, 0.1) is 0 Å². The molecule has 58 valence electrons. The van der Waals surface area contributed by atoms with Crippen LogP contribution in [-0.2, 0) is 0 Å². The summed E-state index contributed by atoms with van der Waals surface area (Å²) in [5.74, 6) is 0. The molecule has 0 aromatic carbocycles. The van der Waals surface area contributed by atoms with Crippen LogP contribution in [0.2, 0.25) is 11.1 Å². The van der Waals surface area contributed by atoms with E-state index >= 15 is 0 Å². The Morgan fingerprint density at radius 1 is 0.900 bits per heavy atom. The minimum absolute atomic E-state index is 0.824. The molecular weight excluding hydrogens is 140 g/mol. The molecule has 0 unspecified atom stereocenters. The predicted molar refractivity (Wildman–Crippen MR) is 44.6 cm³/mol. The van der Waals surface area contributed by atoms with Crippen LogP contribution in [0.3, 0.4) is 0 Å². The van der Waals surface area contributed by atoms with Crippen molar-refractivity contribution in [1.82, 2.24) is 0 Å². The molecule has 2 heteroatoms. The first kappa shape index (κ1) is 6.86. The summed E-state index contributed by atoms with van der Waals surface area (Å²) in [4.78, 5) is 9.83. The summed E-state index contributed by atoms with van der Waals surface area (Å²) in [7, 11) is -1.22. The van der Waals surface area contributed by atoms with Gasteiger partial charge in [0, 0.05) is 0 Å². The van der Waals surface area contributed by atoms with Crippen LogP contribution in [0.4, 0.5) is 0 Å². The molecule has 1 nitrogen and oxygen atoms in total. The van der Waals surface area contributed by atoms with Crippen molar-refractivity contribution in [3.63, 3.8) is 0 Å². The van der Waals surface area contributed by atoms with Gasteiger partial charge in [0.2, 0.25) is 0 Å². The fourth-order valence-corrected chi connectivity index (χ4v) is 5.03. The monoisotopic (exact) mass is 156 g/mol. The lowest BCUT2D eigenvalue weighted by atomic mass is 9.98. The maximum Gasteiger partial charge on any atom is 0.178 e. The molecule has 0 heterocycles. The zero-order chi connectivity index (χ0) is 6.97. The Bertz CT molecular complexity index is 104.